The number of carbonyl (C=O) groups excluding carboxylic acids is 1. The van der Waals surface area contributed by atoms with Crippen molar-refractivity contribution in [3.8, 4) is 0 Å². The number of aliphatic hydroxyl groups excluding tert-OH is 1. The Morgan fingerprint density at radius 1 is 0.952 bits per heavy atom. The average Bonchev–Trinajstić information content (AvgIpc) is 2.47. The Morgan fingerprint density at radius 2 is 1.43 bits per heavy atom. The third kappa shape index (κ3) is 3.56. The van der Waals surface area contributed by atoms with Crippen molar-refractivity contribution in [3.63, 3.8) is 0 Å². The molecule has 0 aliphatic carbocycles. The van der Waals surface area contributed by atoms with E-state index in [4.69, 9.17) is 5.11 Å². The monoisotopic (exact) mass is 304 g/mol. The Labute approximate surface area is 124 Å². The SMILES string of the molecule is Cc1ccc(C(=O)c2ccc(S(=O)(=O)CCO)cc2)cc1. The van der Waals surface area contributed by atoms with E-state index in [-0.39, 0.29) is 16.4 Å². The first-order chi connectivity index (χ1) is 9.94. The van der Waals surface area contributed by atoms with Gasteiger partial charge in [0.1, 0.15) is 0 Å². The molecule has 0 saturated carbocycles. The van der Waals surface area contributed by atoms with E-state index in [1.807, 2.05) is 19.1 Å². The molecule has 1 N–H and O–H groups in total. The summed E-state index contributed by atoms with van der Waals surface area (Å²) in [7, 11) is -3.48. The Balaban J connectivity index is 2.27. The van der Waals surface area contributed by atoms with E-state index in [0.717, 1.165) is 5.56 Å². The van der Waals surface area contributed by atoms with E-state index in [0.29, 0.717) is 11.1 Å². The Bertz CT molecular complexity index is 729. The van der Waals surface area contributed by atoms with Crippen LogP contribution < -0.4 is 0 Å². The largest absolute Gasteiger partial charge is 0.395 e. The minimum absolute atomic E-state index is 0.108. The van der Waals surface area contributed by atoms with Gasteiger partial charge in [0.2, 0.25) is 0 Å². The molecule has 0 unspecified atom stereocenters. The maximum absolute atomic E-state index is 12.3. The van der Waals surface area contributed by atoms with Gasteiger partial charge in [-0.2, -0.15) is 0 Å². The Morgan fingerprint density at radius 3 is 1.90 bits per heavy atom. The van der Waals surface area contributed by atoms with Crippen LogP contribution in [0.3, 0.4) is 0 Å². The second kappa shape index (κ2) is 6.20. The smallest absolute Gasteiger partial charge is 0.193 e. The van der Waals surface area contributed by atoms with Gasteiger partial charge in [-0.25, -0.2) is 8.42 Å². The van der Waals surface area contributed by atoms with E-state index < -0.39 is 16.4 Å². The maximum Gasteiger partial charge on any atom is 0.193 e. The summed E-state index contributed by atoms with van der Waals surface area (Å²) < 4.78 is 23.6. The molecule has 0 radical (unpaired) electrons. The van der Waals surface area contributed by atoms with Crippen LogP contribution in [0.5, 0.6) is 0 Å². The number of hydrogen-bond acceptors (Lipinski definition) is 4. The molecule has 0 amide bonds. The highest BCUT2D eigenvalue weighted by Crippen LogP contribution is 2.15. The quantitative estimate of drug-likeness (QED) is 0.858. The van der Waals surface area contributed by atoms with Gasteiger partial charge in [-0.15, -0.1) is 0 Å². The second-order valence-electron chi connectivity index (χ2n) is 4.76. The number of benzene rings is 2. The molecular formula is C16H16O4S. The highest BCUT2D eigenvalue weighted by Gasteiger charge is 2.15. The molecule has 0 spiro atoms. The van der Waals surface area contributed by atoms with Gasteiger partial charge < -0.3 is 5.11 Å². The van der Waals surface area contributed by atoms with Crippen LogP contribution in [0.2, 0.25) is 0 Å². The summed E-state index contributed by atoms with van der Waals surface area (Å²) >= 11 is 0. The maximum atomic E-state index is 12.3. The zero-order valence-electron chi connectivity index (χ0n) is 11.6. The van der Waals surface area contributed by atoms with Crippen molar-refractivity contribution in [3.05, 3.63) is 65.2 Å². The van der Waals surface area contributed by atoms with Gasteiger partial charge in [-0.05, 0) is 31.2 Å². The molecule has 5 heteroatoms. The molecule has 0 bridgehead atoms. The third-order valence-electron chi connectivity index (χ3n) is 3.15. The number of aryl methyl sites for hydroxylation is 1. The summed E-state index contributed by atoms with van der Waals surface area (Å²) in [5, 5.41) is 8.74. The molecule has 0 aliphatic heterocycles. The second-order valence-corrected chi connectivity index (χ2v) is 6.87. The van der Waals surface area contributed by atoms with E-state index in [2.05, 4.69) is 0 Å². The predicted molar refractivity (Wildman–Crippen MR) is 80.2 cm³/mol. The minimum Gasteiger partial charge on any atom is -0.395 e. The number of rotatable bonds is 5. The minimum atomic E-state index is -3.48. The summed E-state index contributed by atoms with van der Waals surface area (Å²) in [6.45, 7) is 1.52. The fraction of sp³-hybridized carbons (Fsp3) is 0.188. The van der Waals surface area contributed by atoms with Gasteiger partial charge in [0.15, 0.2) is 15.6 Å². The number of aliphatic hydroxyl groups is 1. The molecular weight excluding hydrogens is 288 g/mol. The van der Waals surface area contributed by atoms with Crippen LogP contribution in [0, 0.1) is 6.92 Å². The van der Waals surface area contributed by atoms with Crippen molar-refractivity contribution in [1.29, 1.82) is 0 Å². The van der Waals surface area contributed by atoms with Gasteiger partial charge in [0.05, 0.1) is 17.3 Å². The highest BCUT2D eigenvalue weighted by molar-refractivity contribution is 7.91. The van der Waals surface area contributed by atoms with Crippen LogP contribution in [0.4, 0.5) is 0 Å². The van der Waals surface area contributed by atoms with Crippen LogP contribution in [-0.2, 0) is 9.84 Å². The summed E-state index contributed by atoms with van der Waals surface area (Å²) in [6, 6.07) is 13.0. The summed E-state index contributed by atoms with van der Waals surface area (Å²) in [5.41, 5.74) is 2.06. The molecule has 2 aromatic rings. The molecule has 2 aromatic carbocycles. The van der Waals surface area contributed by atoms with Crippen LogP contribution >= 0.6 is 0 Å². The zero-order valence-corrected chi connectivity index (χ0v) is 12.4. The molecule has 0 atom stereocenters. The van der Waals surface area contributed by atoms with Crippen molar-refractivity contribution in [1.82, 2.24) is 0 Å². The van der Waals surface area contributed by atoms with Gasteiger partial charge in [0, 0.05) is 11.1 Å². The molecule has 0 heterocycles. The molecule has 0 saturated heterocycles. The van der Waals surface area contributed by atoms with Crippen LogP contribution in [0.1, 0.15) is 21.5 Å². The molecule has 0 aromatic heterocycles. The van der Waals surface area contributed by atoms with E-state index >= 15 is 0 Å². The molecule has 110 valence electrons. The standard InChI is InChI=1S/C16H16O4S/c1-12-2-4-13(5-3-12)16(18)14-6-8-15(9-7-14)21(19,20)11-10-17/h2-9,17H,10-11H2,1H3. The van der Waals surface area contributed by atoms with Crippen molar-refractivity contribution < 1.29 is 18.3 Å². The fourth-order valence-corrected chi connectivity index (χ4v) is 2.95. The lowest BCUT2D eigenvalue weighted by Gasteiger charge is -2.05. The topological polar surface area (TPSA) is 71.4 Å². The highest BCUT2D eigenvalue weighted by atomic mass is 32.2. The zero-order chi connectivity index (χ0) is 15.5. The van der Waals surface area contributed by atoms with Gasteiger partial charge in [-0.3, -0.25) is 4.79 Å². The molecule has 4 nitrogen and oxygen atoms in total. The van der Waals surface area contributed by atoms with Crippen molar-refractivity contribution in [2.75, 3.05) is 12.4 Å². The van der Waals surface area contributed by atoms with Gasteiger partial charge in [0.25, 0.3) is 0 Å². The lowest BCUT2D eigenvalue weighted by molar-refractivity contribution is 0.103. The summed E-state index contributed by atoms with van der Waals surface area (Å²) in [5.74, 6) is -0.473. The lowest BCUT2D eigenvalue weighted by Crippen LogP contribution is -2.10. The number of sulfone groups is 1. The lowest BCUT2D eigenvalue weighted by atomic mass is 10.0. The van der Waals surface area contributed by atoms with Crippen LogP contribution in [-0.4, -0.2) is 31.7 Å². The normalized spacial score (nSPS) is 11.3. The van der Waals surface area contributed by atoms with E-state index in [9.17, 15) is 13.2 Å². The van der Waals surface area contributed by atoms with Crippen molar-refractivity contribution in [2.45, 2.75) is 11.8 Å². The van der Waals surface area contributed by atoms with E-state index in [1.54, 1.807) is 12.1 Å². The summed E-state index contributed by atoms with van der Waals surface area (Å²) in [4.78, 5) is 12.4. The van der Waals surface area contributed by atoms with Crippen molar-refractivity contribution in [2.24, 2.45) is 0 Å². The molecule has 21 heavy (non-hydrogen) atoms. The van der Waals surface area contributed by atoms with Gasteiger partial charge >= 0.3 is 0 Å². The third-order valence-corrected chi connectivity index (χ3v) is 4.86. The number of ketones is 1. The van der Waals surface area contributed by atoms with Gasteiger partial charge in [-0.1, -0.05) is 29.8 Å². The molecule has 0 fully saturated rings. The Hall–Kier alpha value is -1.98. The summed E-state index contributed by atoms with van der Waals surface area (Å²) in [6.07, 6.45) is 0. The molecule has 2 rings (SSSR count). The first-order valence-corrected chi connectivity index (χ1v) is 8.14. The number of carbonyl (C=O) groups is 1. The average molecular weight is 304 g/mol. The van der Waals surface area contributed by atoms with Crippen LogP contribution in [0.15, 0.2) is 53.4 Å². The van der Waals surface area contributed by atoms with E-state index in [1.165, 1.54) is 24.3 Å². The van der Waals surface area contributed by atoms with Crippen LogP contribution in [0.25, 0.3) is 0 Å². The van der Waals surface area contributed by atoms with Crippen molar-refractivity contribution >= 4 is 15.6 Å². The molecule has 0 aliphatic rings. The Kier molecular flexibility index (Phi) is 4.55. The predicted octanol–water partition coefficient (Wildman–Crippen LogP) is 1.99. The first kappa shape index (κ1) is 15.4. The number of hydrogen-bond donors (Lipinski definition) is 1. The fourth-order valence-electron chi connectivity index (χ4n) is 1.92. The first-order valence-electron chi connectivity index (χ1n) is 6.49.